The minimum absolute atomic E-state index is 0.221. The molecule has 9 heteroatoms. The molecule has 40 heavy (non-hydrogen) atoms. The van der Waals surface area contributed by atoms with Gasteiger partial charge in [-0.15, -0.1) is 0 Å². The third kappa shape index (κ3) is 5.52. The number of carboxylic acids is 2. The highest BCUT2D eigenvalue weighted by atomic mass is 32.2. The predicted octanol–water partition coefficient (Wildman–Crippen LogP) is 6.41. The summed E-state index contributed by atoms with van der Waals surface area (Å²) in [5.74, 6) is -2.12. The van der Waals surface area contributed by atoms with Crippen LogP contribution in [0.5, 0.6) is 0 Å². The van der Waals surface area contributed by atoms with E-state index in [4.69, 9.17) is 22.4 Å². The first-order valence-corrected chi connectivity index (χ1v) is 14.6. The van der Waals surface area contributed by atoms with Crippen molar-refractivity contribution in [3.05, 3.63) is 89.5 Å². The Kier molecular flexibility index (Phi) is 8.04. The molecule has 0 spiro atoms. The van der Waals surface area contributed by atoms with E-state index in [9.17, 15) is 14.4 Å². The van der Waals surface area contributed by atoms with Crippen LogP contribution in [0.1, 0.15) is 46.7 Å². The van der Waals surface area contributed by atoms with Gasteiger partial charge in [0.1, 0.15) is 10.9 Å². The molecule has 1 saturated carbocycles. The van der Waals surface area contributed by atoms with Gasteiger partial charge in [-0.05, 0) is 83.8 Å². The van der Waals surface area contributed by atoms with Gasteiger partial charge in [-0.2, -0.15) is 0 Å². The summed E-state index contributed by atoms with van der Waals surface area (Å²) >= 11 is 6.33. The summed E-state index contributed by atoms with van der Waals surface area (Å²) in [5.41, 5.74) is 6.65. The van der Waals surface area contributed by atoms with Crippen LogP contribution in [0, 0.1) is 0 Å². The van der Waals surface area contributed by atoms with Crippen molar-refractivity contribution >= 4 is 63.6 Å². The van der Waals surface area contributed by atoms with Gasteiger partial charge in [0, 0.05) is 29.4 Å². The summed E-state index contributed by atoms with van der Waals surface area (Å²) in [5, 5.41) is 18.3. The van der Waals surface area contributed by atoms with E-state index < -0.39 is 24.4 Å². The molecular formula is C31H28N2O5S2. The standard InChI is InChI=1S/C31H28N2O5S2/c1-40-31(39)32(18-29(35)36)28(34)16-6-19-5-15-27-25(17-19)24-3-2-4-26(24)33(27)23-13-11-21(12-14-23)20-7-9-22(10-8-20)30(37)38/h5-17,24,26H,2-4,18H2,1H3,(H,35,36)(H,37,38)/b16-6+. The quantitative estimate of drug-likeness (QED) is 0.248. The van der Waals surface area contributed by atoms with E-state index in [1.807, 2.05) is 18.2 Å². The number of fused-ring (bicyclic) bond motifs is 3. The zero-order chi connectivity index (χ0) is 28.4. The highest BCUT2D eigenvalue weighted by Crippen LogP contribution is 2.52. The molecular weight excluding hydrogens is 544 g/mol. The fraction of sp³-hybridized carbons (Fsp3) is 0.226. The summed E-state index contributed by atoms with van der Waals surface area (Å²) in [7, 11) is 0. The number of hydrogen-bond donors (Lipinski definition) is 2. The number of rotatable bonds is 7. The average molecular weight is 573 g/mol. The number of benzene rings is 3. The monoisotopic (exact) mass is 572 g/mol. The fourth-order valence-corrected chi connectivity index (χ4v) is 6.20. The first kappa shape index (κ1) is 27.6. The number of aromatic carboxylic acids is 1. The van der Waals surface area contributed by atoms with Crippen molar-refractivity contribution in [1.82, 2.24) is 4.90 Å². The fourth-order valence-electron chi connectivity index (χ4n) is 5.67. The van der Waals surface area contributed by atoms with E-state index >= 15 is 0 Å². The van der Waals surface area contributed by atoms with Crippen molar-refractivity contribution < 1.29 is 24.6 Å². The molecule has 2 atom stereocenters. The van der Waals surface area contributed by atoms with Crippen LogP contribution < -0.4 is 4.90 Å². The molecule has 2 N–H and O–H groups in total. The Balaban J connectivity index is 1.38. The lowest BCUT2D eigenvalue weighted by atomic mass is 9.96. The number of aliphatic carboxylic acids is 1. The molecule has 1 aliphatic heterocycles. The number of anilines is 2. The van der Waals surface area contributed by atoms with Crippen LogP contribution in [0.3, 0.4) is 0 Å². The minimum Gasteiger partial charge on any atom is -0.480 e. The highest BCUT2D eigenvalue weighted by Gasteiger charge is 2.42. The smallest absolute Gasteiger partial charge is 0.335 e. The average Bonchev–Trinajstić information content (AvgIpc) is 3.55. The van der Waals surface area contributed by atoms with Crippen molar-refractivity contribution in [2.75, 3.05) is 17.7 Å². The highest BCUT2D eigenvalue weighted by molar-refractivity contribution is 8.22. The van der Waals surface area contributed by atoms with Crippen molar-refractivity contribution in [3.63, 3.8) is 0 Å². The van der Waals surface area contributed by atoms with Gasteiger partial charge in [-0.1, -0.05) is 60.7 Å². The van der Waals surface area contributed by atoms with Gasteiger partial charge < -0.3 is 15.1 Å². The number of thioether (sulfide) groups is 1. The van der Waals surface area contributed by atoms with Gasteiger partial charge in [0.2, 0.25) is 0 Å². The molecule has 1 heterocycles. The summed E-state index contributed by atoms with van der Waals surface area (Å²) in [6.07, 6.45) is 8.16. The Hall–Kier alpha value is -3.95. The molecule has 3 aromatic rings. The van der Waals surface area contributed by atoms with Crippen LogP contribution in [0.15, 0.2) is 72.8 Å². The largest absolute Gasteiger partial charge is 0.480 e. The van der Waals surface area contributed by atoms with Gasteiger partial charge in [0.25, 0.3) is 5.91 Å². The molecule has 1 aliphatic carbocycles. The molecule has 2 aliphatic rings. The van der Waals surface area contributed by atoms with Crippen molar-refractivity contribution in [2.24, 2.45) is 0 Å². The third-order valence-electron chi connectivity index (χ3n) is 7.51. The van der Waals surface area contributed by atoms with Crippen molar-refractivity contribution in [3.8, 4) is 11.1 Å². The van der Waals surface area contributed by atoms with E-state index in [0.29, 0.717) is 12.0 Å². The number of thiocarbonyl (C=S) groups is 1. The summed E-state index contributed by atoms with van der Waals surface area (Å²) in [4.78, 5) is 38.6. The van der Waals surface area contributed by atoms with Crippen LogP contribution in [0.2, 0.25) is 0 Å². The van der Waals surface area contributed by atoms with E-state index in [2.05, 4.69) is 41.3 Å². The second-order valence-electron chi connectivity index (χ2n) is 9.84. The molecule has 3 aromatic carbocycles. The summed E-state index contributed by atoms with van der Waals surface area (Å²) < 4.78 is 0.221. The second-order valence-corrected chi connectivity index (χ2v) is 11.3. The number of carbonyl (C=O) groups excluding carboxylic acids is 1. The Bertz CT molecular complexity index is 1500. The zero-order valence-electron chi connectivity index (χ0n) is 21.8. The molecule has 7 nitrogen and oxygen atoms in total. The first-order valence-electron chi connectivity index (χ1n) is 12.9. The maximum absolute atomic E-state index is 12.7. The molecule has 1 fully saturated rings. The number of carboxylic acid groups (broad SMARTS) is 2. The van der Waals surface area contributed by atoms with Gasteiger partial charge >= 0.3 is 11.9 Å². The first-order chi connectivity index (χ1) is 19.3. The predicted molar refractivity (Wildman–Crippen MR) is 162 cm³/mol. The molecule has 0 saturated heterocycles. The molecule has 1 amide bonds. The van der Waals surface area contributed by atoms with E-state index in [1.165, 1.54) is 11.6 Å². The lowest BCUT2D eigenvalue weighted by Crippen LogP contribution is -2.37. The van der Waals surface area contributed by atoms with Gasteiger partial charge in [0.15, 0.2) is 0 Å². The normalized spacial score (nSPS) is 17.5. The topological polar surface area (TPSA) is 98.2 Å². The van der Waals surface area contributed by atoms with Crippen LogP contribution in [0.4, 0.5) is 11.4 Å². The molecule has 2 unspecified atom stereocenters. The van der Waals surface area contributed by atoms with Crippen LogP contribution >= 0.6 is 24.0 Å². The molecule has 0 bridgehead atoms. The molecule has 204 valence electrons. The van der Waals surface area contributed by atoms with E-state index in [1.54, 1.807) is 24.5 Å². The second kappa shape index (κ2) is 11.7. The Labute approximate surface area is 242 Å². The minimum atomic E-state index is -1.12. The van der Waals surface area contributed by atoms with Gasteiger partial charge in [0.05, 0.1) is 5.56 Å². The SMILES string of the molecule is CSC(=S)N(CC(=O)O)C(=O)/C=C/c1ccc2c(c1)C1CCCC1N2c1ccc(-c2ccc(C(=O)O)cc2)cc1. The van der Waals surface area contributed by atoms with Crippen molar-refractivity contribution in [1.29, 1.82) is 0 Å². The number of hydrogen-bond acceptors (Lipinski definition) is 6. The van der Waals surface area contributed by atoms with E-state index in [-0.39, 0.29) is 9.88 Å². The summed E-state index contributed by atoms with van der Waals surface area (Å²) in [6.45, 7) is -0.474. The number of carbonyl (C=O) groups is 3. The zero-order valence-corrected chi connectivity index (χ0v) is 23.5. The lowest BCUT2D eigenvalue weighted by Gasteiger charge is -2.27. The molecule has 5 rings (SSSR count). The van der Waals surface area contributed by atoms with Crippen molar-refractivity contribution in [2.45, 2.75) is 31.2 Å². The summed E-state index contributed by atoms with van der Waals surface area (Å²) in [6, 6.07) is 21.8. The molecule has 0 aromatic heterocycles. The Morgan fingerprint density at radius 3 is 2.30 bits per heavy atom. The maximum Gasteiger partial charge on any atom is 0.335 e. The third-order valence-corrected chi connectivity index (χ3v) is 8.80. The van der Waals surface area contributed by atoms with Gasteiger partial charge in [-0.3, -0.25) is 14.5 Å². The maximum atomic E-state index is 12.7. The van der Waals surface area contributed by atoms with Gasteiger partial charge in [-0.25, -0.2) is 4.79 Å². The number of amides is 1. The Morgan fingerprint density at radius 2 is 1.68 bits per heavy atom. The van der Waals surface area contributed by atoms with E-state index in [0.717, 1.165) is 64.0 Å². The number of nitrogens with zero attached hydrogens (tertiary/aromatic N) is 2. The Morgan fingerprint density at radius 1 is 1.00 bits per heavy atom. The van der Waals surface area contributed by atoms with Crippen LogP contribution in [-0.2, 0) is 9.59 Å². The van der Waals surface area contributed by atoms with Crippen LogP contribution in [0.25, 0.3) is 17.2 Å². The van der Waals surface area contributed by atoms with Crippen LogP contribution in [-0.4, -0.2) is 56.1 Å². The lowest BCUT2D eigenvalue weighted by molar-refractivity contribution is -0.140. The molecule has 0 radical (unpaired) electrons.